The molecule has 1 aromatic rings. The molecule has 4 atom stereocenters. The van der Waals surface area contributed by atoms with Crippen LogP contribution in [0.3, 0.4) is 0 Å². The Morgan fingerprint density at radius 3 is 2.95 bits per heavy atom. The fourth-order valence-corrected chi connectivity index (χ4v) is 5.82. The van der Waals surface area contributed by atoms with Crippen LogP contribution in [0, 0.1) is 11.3 Å². The summed E-state index contributed by atoms with van der Waals surface area (Å²) in [5.74, 6) is 1.17. The quantitative estimate of drug-likeness (QED) is 0.745. The van der Waals surface area contributed by atoms with Crippen LogP contribution in [-0.2, 0) is 21.6 Å². The maximum Gasteiger partial charge on any atom is 0.139 e. The van der Waals surface area contributed by atoms with E-state index in [1.807, 2.05) is 12.1 Å². The van der Waals surface area contributed by atoms with Crippen LogP contribution in [0.25, 0.3) is 0 Å². The van der Waals surface area contributed by atoms with Crippen LogP contribution >= 0.6 is 0 Å². The smallest absolute Gasteiger partial charge is 0.139 e. The third-order valence-corrected chi connectivity index (χ3v) is 6.91. The van der Waals surface area contributed by atoms with Gasteiger partial charge in [0, 0.05) is 17.8 Å². The van der Waals surface area contributed by atoms with Gasteiger partial charge in [0.2, 0.25) is 0 Å². The molecule has 3 aliphatic carbocycles. The number of carbonyl (C=O) groups excluding carboxylic acids is 1. The number of hydrogen-bond acceptors (Lipinski definition) is 3. The molecule has 0 amide bonds. The highest BCUT2D eigenvalue weighted by atomic mass is 16.6. The first-order valence-corrected chi connectivity index (χ1v) is 8.08. The van der Waals surface area contributed by atoms with Crippen molar-refractivity contribution >= 4 is 5.78 Å². The summed E-state index contributed by atoms with van der Waals surface area (Å²) in [6.07, 6.45) is 5.56. The molecular formula is C18H20O3. The molecule has 1 saturated heterocycles. The highest BCUT2D eigenvalue weighted by Crippen LogP contribution is 2.75. The number of fused-ring (bicyclic) bond motifs is 2. The summed E-state index contributed by atoms with van der Waals surface area (Å²) in [6, 6.07) is 5.72. The lowest BCUT2D eigenvalue weighted by Gasteiger charge is -2.43. The van der Waals surface area contributed by atoms with E-state index >= 15 is 0 Å². The van der Waals surface area contributed by atoms with Crippen molar-refractivity contribution in [3.05, 3.63) is 29.3 Å². The van der Waals surface area contributed by atoms with E-state index in [4.69, 9.17) is 4.74 Å². The third kappa shape index (κ3) is 1.16. The molecule has 1 aromatic carbocycles. The van der Waals surface area contributed by atoms with Crippen LogP contribution < -0.4 is 0 Å². The molecule has 0 spiro atoms. The number of ketones is 1. The lowest BCUT2D eigenvalue weighted by Crippen LogP contribution is -2.48. The van der Waals surface area contributed by atoms with Gasteiger partial charge in [0.25, 0.3) is 0 Å². The number of phenols is 1. The first kappa shape index (κ1) is 12.2. The summed E-state index contributed by atoms with van der Waals surface area (Å²) < 4.78 is 6.47. The molecule has 0 aromatic heterocycles. The summed E-state index contributed by atoms with van der Waals surface area (Å²) >= 11 is 0. The summed E-state index contributed by atoms with van der Waals surface area (Å²) in [5.41, 5.74) is 2.08. The molecule has 21 heavy (non-hydrogen) atoms. The van der Waals surface area contributed by atoms with Gasteiger partial charge in [0.05, 0.1) is 0 Å². The normalized spacial score (nSPS) is 46.3. The van der Waals surface area contributed by atoms with E-state index in [1.165, 1.54) is 11.1 Å². The minimum atomic E-state index is -0.164. The van der Waals surface area contributed by atoms with E-state index < -0.39 is 0 Å². The van der Waals surface area contributed by atoms with Crippen molar-refractivity contribution in [3.8, 4) is 5.75 Å². The highest BCUT2D eigenvalue weighted by molar-refractivity contribution is 5.87. The number of aryl methyl sites for hydroxylation is 1. The maximum absolute atomic E-state index is 12.4. The SMILES string of the molecule is C[C@]12CC[C@@]34O[C@]3(CCc3cc(O)ccc34)[C@@H]1CCC2=O. The van der Waals surface area contributed by atoms with E-state index in [-0.39, 0.29) is 16.6 Å². The molecule has 0 unspecified atom stereocenters. The Labute approximate surface area is 124 Å². The van der Waals surface area contributed by atoms with Gasteiger partial charge in [-0.25, -0.2) is 0 Å². The van der Waals surface area contributed by atoms with Gasteiger partial charge in [-0.2, -0.15) is 0 Å². The Morgan fingerprint density at radius 2 is 2.10 bits per heavy atom. The lowest BCUT2D eigenvalue weighted by atomic mass is 9.55. The predicted molar refractivity (Wildman–Crippen MR) is 77.0 cm³/mol. The van der Waals surface area contributed by atoms with E-state index in [0.717, 1.165) is 38.5 Å². The van der Waals surface area contributed by atoms with Crippen molar-refractivity contribution < 1.29 is 14.6 Å². The van der Waals surface area contributed by atoms with E-state index in [0.29, 0.717) is 17.5 Å². The number of ether oxygens (including phenoxy) is 1. The van der Waals surface area contributed by atoms with Crippen LogP contribution in [-0.4, -0.2) is 16.5 Å². The number of epoxide rings is 1. The first-order chi connectivity index (χ1) is 10.0. The standard InChI is InChI=1S/C18H20O3/c1-16-8-9-17-13-3-2-12(19)10-11(13)6-7-18(17,21-17)14(16)4-5-15(16)20/h2-3,10,14,19H,4-9H2,1H3/t14-,16+,17+,18-/m1/s1. The van der Waals surface area contributed by atoms with Gasteiger partial charge in [-0.3, -0.25) is 4.79 Å². The third-order valence-electron chi connectivity index (χ3n) is 6.91. The van der Waals surface area contributed by atoms with Gasteiger partial charge < -0.3 is 9.84 Å². The number of benzene rings is 1. The van der Waals surface area contributed by atoms with Crippen LogP contribution in [0.2, 0.25) is 0 Å². The molecule has 3 heteroatoms. The average Bonchev–Trinajstić information content (AvgIpc) is 3.07. The molecule has 0 radical (unpaired) electrons. The molecule has 4 aliphatic rings. The molecule has 3 nitrogen and oxygen atoms in total. The van der Waals surface area contributed by atoms with Gasteiger partial charge in [0.15, 0.2) is 0 Å². The number of carbonyl (C=O) groups is 1. The van der Waals surface area contributed by atoms with Gasteiger partial charge in [-0.1, -0.05) is 13.0 Å². The average molecular weight is 284 g/mol. The van der Waals surface area contributed by atoms with Crippen LogP contribution in [0.5, 0.6) is 5.75 Å². The van der Waals surface area contributed by atoms with Crippen LogP contribution in [0.4, 0.5) is 0 Å². The van der Waals surface area contributed by atoms with Crippen LogP contribution in [0.15, 0.2) is 18.2 Å². The van der Waals surface area contributed by atoms with Crippen LogP contribution in [0.1, 0.15) is 50.2 Å². The molecule has 5 rings (SSSR count). The Morgan fingerprint density at radius 1 is 1.24 bits per heavy atom. The second kappa shape index (κ2) is 3.35. The number of hydrogen-bond donors (Lipinski definition) is 1. The Hall–Kier alpha value is -1.35. The zero-order valence-corrected chi connectivity index (χ0v) is 12.3. The van der Waals surface area contributed by atoms with Gasteiger partial charge in [-0.05, 0) is 55.4 Å². The van der Waals surface area contributed by atoms with Crippen molar-refractivity contribution in [2.24, 2.45) is 11.3 Å². The predicted octanol–water partition coefficient (Wildman–Crippen LogP) is 3.08. The second-order valence-electron chi connectivity index (χ2n) is 7.59. The molecule has 1 heterocycles. The summed E-state index contributed by atoms with van der Waals surface area (Å²) in [4.78, 5) is 12.4. The minimum Gasteiger partial charge on any atom is -0.508 e. The summed E-state index contributed by atoms with van der Waals surface area (Å²) in [6.45, 7) is 2.17. The van der Waals surface area contributed by atoms with Crippen molar-refractivity contribution in [2.45, 2.75) is 56.7 Å². The Balaban J connectivity index is 1.66. The molecule has 1 aliphatic heterocycles. The number of phenolic OH excluding ortho intramolecular Hbond substituents is 1. The molecule has 110 valence electrons. The second-order valence-corrected chi connectivity index (χ2v) is 7.59. The van der Waals surface area contributed by atoms with Crippen molar-refractivity contribution in [1.29, 1.82) is 0 Å². The number of rotatable bonds is 0. The Kier molecular flexibility index (Phi) is 1.95. The summed E-state index contributed by atoms with van der Waals surface area (Å²) in [5, 5.41) is 9.72. The summed E-state index contributed by atoms with van der Waals surface area (Å²) in [7, 11) is 0. The zero-order chi connectivity index (χ0) is 14.5. The maximum atomic E-state index is 12.4. The van der Waals surface area contributed by atoms with E-state index in [9.17, 15) is 9.90 Å². The lowest BCUT2D eigenvalue weighted by molar-refractivity contribution is -0.128. The van der Waals surface area contributed by atoms with Crippen molar-refractivity contribution in [2.75, 3.05) is 0 Å². The fourth-order valence-electron chi connectivity index (χ4n) is 5.82. The molecular weight excluding hydrogens is 264 g/mol. The van der Waals surface area contributed by atoms with Gasteiger partial charge in [-0.15, -0.1) is 0 Å². The van der Waals surface area contributed by atoms with Gasteiger partial charge in [0.1, 0.15) is 22.7 Å². The molecule has 0 bridgehead atoms. The van der Waals surface area contributed by atoms with E-state index in [1.54, 1.807) is 6.07 Å². The minimum absolute atomic E-state index is 0.101. The fraction of sp³-hybridized carbons (Fsp3) is 0.611. The molecule has 1 N–H and O–H groups in total. The first-order valence-electron chi connectivity index (χ1n) is 8.08. The monoisotopic (exact) mass is 284 g/mol. The molecule has 2 saturated carbocycles. The number of aromatic hydroxyl groups is 1. The highest BCUT2D eigenvalue weighted by Gasteiger charge is 2.80. The Bertz CT molecular complexity index is 681. The van der Waals surface area contributed by atoms with Gasteiger partial charge >= 0.3 is 0 Å². The van der Waals surface area contributed by atoms with Crippen molar-refractivity contribution in [3.63, 3.8) is 0 Å². The van der Waals surface area contributed by atoms with E-state index in [2.05, 4.69) is 6.92 Å². The van der Waals surface area contributed by atoms with Crippen molar-refractivity contribution in [1.82, 2.24) is 0 Å². The topological polar surface area (TPSA) is 49.8 Å². The zero-order valence-electron chi connectivity index (χ0n) is 12.3. The molecule has 3 fully saturated rings. The largest absolute Gasteiger partial charge is 0.508 e. The number of Topliss-reactive ketones (excluding diaryl/α,β-unsaturated/α-hetero) is 1.